The van der Waals surface area contributed by atoms with Gasteiger partial charge in [-0.1, -0.05) is 24.3 Å². The van der Waals surface area contributed by atoms with Gasteiger partial charge in [-0.3, -0.25) is 24.2 Å². The minimum atomic E-state index is -0.551. The first kappa shape index (κ1) is 26.8. The van der Waals surface area contributed by atoms with Crippen LogP contribution in [0.3, 0.4) is 0 Å². The molecule has 2 aromatic rings. The van der Waals surface area contributed by atoms with Crippen LogP contribution < -0.4 is 9.47 Å². The van der Waals surface area contributed by atoms with Crippen molar-refractivity contribution in [2.45, 2.75) is 31.6 Å². The van der Waals surface area contributed by atoms with Crippen LogP contribution >= 0.6 is 0 Å². The van der Waals surface area contributed by atoms with Crippen LogP contribution in [0.4, 0.5) is 0 Å². The number of ketones is 2. The first-order valence-electron chi connectivity index (χ1n) is 13.0. The lowest BCUT2D eigenvalue weighted by Gasteiger charge is -2.25. The van der Waals surface area contributed by atoms with Crippen molar-refractivity contribution in [2.24, 2.45) is 0 Å². The van der Waals surface area contributed by atoms with Gasteiger partial charge in [0.15, 0.2) is 0 Å². The molecule has 0 unspecified atom stereocenters. The molecule has 4 rings (SSSR count). The van der Waals surface area contributed by atoms with Crippen LogP contribution in [0.2, 0.25) is 0 Å². The molecule has 2 aromatic carbocycles. The number of methoxy groups -OCH3 is 1. The van der Waals surface area contributed by atoms with E-state index in [4.69, 9.17) is 14.2 Å². The zero-order chi connectivity index (χ0) is 26.0. The lowest BCUT2D eigenvalue weighted by molar-refractivity contribution is -0.141. The maximum atomic E-state index is 12.7. The number of hydrogen-bond acceptors (Lipinski definition) is 8. The summed E-state index contributed by atoms with van der Waals surface area (Å²) >= 11 is 0. The predicted molar refractivity (Wildman–Crippen MR) is 139 cm³/mol. The van der Waals surface area contributed by atoms with Crippen LogP contribution in [-0.2, 0) is 19.1 Å². The highest BCUT2D eigenvalue weighted by atomic mass is 16.5. The number of Topliss-reactive ketones (excluding diaryl/α,β-unsaturated/α-hetero) is 2. The number of carbonyl (C=O) groups is 3. The van der Waals surface area contributed by atoms with E-state index in [1.807, 2.05) is 48.5 Å². The van der Waals surface area contributed by atoms with Gasteiger partial charge >= 0.3 is 5.97 Å². The molecule has 0 N–H and O–H groups in total. The smallest absolute Gasteiger partial charge is 0.317 e. The van der Waals surface area contributed by atoms with Gasteiger partial charge in [-0.25, -0.2) is 0 Å². The molecule has 37 heavy (non-hydrogen) atoms. The van der Waals surface area contributed by atoms with E-state index in [1.165, 1.54) is 7.11 Å². The lowest BCUT2D eigenvalue weighted by atomic mass is 9.91. The average molecular weight is 509 g/mol. The standard InChI is InChI=1S/C29H36N2O6/c1-35-29(34)28(22-2-6-26(7-3-22)36-20-18-30-14-10-24(32)11-15-30)23-4-8-27(9-5-23)37-21-19-31-16-12-25(33)13-17-31/h2-9,28H,10-21H2,1H3. The molecule has 0 bridgehead atoms. The highest BCUT2D eigenvalue weighted by Crippen LogP contribution is 2.29. The van der Waals surface area contributed by atoms with E-state index < -0.39 is 5.92 Å². The third-order valence-electron chi connectivity index (χ3n) is 7.04. The molecular formula is C29H36N2O6. The third-order valence-corrected chi connectivity index (χ3v) is 7.04. The van der Waals surface area contributed by atoms with Gasteiger partial charge in [0, 0.05) is 65.0 Å². The van der Waals surface area contributed by atoms with E-state index in [9.17, 15) is 14.4 Å². The van der Waals surface area contributed by atoms with Crippen molar-refractivity contribution in [1.82, 2.24) is 9.80 Å². The summed E-state index contributed by atoms with van der Waals surface area (Å²) in [5.41, 5.74) is 1.64. The molecule has 0 aromatic heterocycles. The van der Waals surface area contributed by atoms with Gasteiger partial charge in [-0.15, -0.1) is 0 Å². The van der Waals surface area contributed by atoms with Gasteiger partial charge in [0.05, 0.1) is 7.11 Å². The van der Waals surface area contributed by atoms with Crippen molar-refractivity contribution in [3.8, 4) is 11.5 Å². The van der Waals surface area contributed by atoms with E-state index in [2.05, 4.69) is 9.80 Å². The molecule has 2 saturated heterocycles. The van der Waals surface area contributed by atoms with E-state index >= 15 is 0 Å². The van der Waals surface area contributed by atoms with Crippen molar-refractivity contribution in [3.63, 3.8) is 0 Å². The minimum absolute atomic E-state index is 0.332. The summed E-state index contributed by atoms with van der Waals surface area (Å²) < 4.78 is 16.9. The number of carbonyl (C=O) groups excluding carboxylic acids is 3. The van der Waals surface area contributed by atoms with Crippen molar-refractivity contribution in [1.29, 1.82) is 0 Å². The Hall–Kier alpha value is -3.23. The zero-order valence-electron chi connectivity index (χ0n) is 21.5. The van der Waals surface area contributed by atoms with Crippen LogP contribution in [0.15, 0.2) is 48.5 Å². The lowest BCUT2D eigenvalue weighted by Crippen LogP contribution is -2.36. The Morgan fingerprint density at radius 3 is 1.43 bits per heavy atom. The Balaban J connectivity index is 1.30. The average Bonchev–Trinajstić information content (AvgIpc) is 2.92. The number of benzene rings is 2. The van der Waals surface area contributed by atoms with Crippen LogP contribution in [0.25, 0.3) is 0 Å². The summed E-state index contributed by atoms with van der Waals surface area (Å²) in [6.45, 7) is 5.85. The Labute approximate surface area is 218 Å². The first-order valence-corrected chi connectivity index (χ1v) is 13.0. The quantitative estimate of drug-likeness (QED) is 0.428. The Morgan fingerprint density at radius 1 is 0.703 bits per heavy atom. The predicted octanol–water partition coefficient (Wildman–Crippen LogP) is 3.08. The summed E-state index contributed by atoms with van der Waals surface area (Å²) in [4.78, 5) is 39.9. The number of likely N-dealkylation sites (tertiary alicyclic amines) is 2. The Kier molecular flexibility index (Phi) is 9.68. The van der Waals surface area contributed by atoms with Gasteiger partial charge in [0.2, 0.25) is 0 Å². The van der Waals surface area contributed by atoms with Gasteiger partial charge in [-0.05, 0) is 35.4 Å². The Morgan fingerprint density at radius 2 is 1.08 bits per heavy atom. The summed E-state index contributed by atoms with van der Waals surface area (Å²) in [6, 6.07) is 15.1. The summed E-state index contributed by atoms with van der Waals surface area (Å²) in [5.74, 6) is 1.27. The van der Waals surface area contributed by atoms with E-state index in [-0.39, 0.29) is 5.97 Å². The third kappa shape index (κ3) is 7.87. The summed E-state index contributed by atoms with van der Waals surface area (Å²) in [7, 11) is 1.40. The second-order valence-corrected chi connectivity index (χ2v) is 9.55. The largest absolute Gasteiger partial charge is 0.492 e. The van der Waals surface area contributed by atoms with Gasteiger partial charge in [0.25, 0.3) is 0 Å². The van der Waals surface area contributed by atoms with Gasteiger partial charge in [-0.2, -0.15) is 0 Å². The molecule has 0 aliphatic carbocycles. The van der Waals surface area contributed by atoms with Crippen LogP contribution in [-0.4, -0.2) is 86.9 Å². The maximum Gasteiger partial charge on any atom is 0.317 e. The molecule has 0 radical (unpaired) electrons. The number of nitrogens with zero attached hydrogens (tertiary/aromatic N) is 2. The summed E-state index contributed by atoms with van der Waals surface area (Å²) in [6.07, 6.45) is 2.49. The molecular weight excluding hydrogens is 472 g/mol. The number of rotatable bonds is 11. The molecule has 0 saturated carbocycles. The fourth-order valence-corrected chi connectivity index (χ4v) is 4.73. The molecule has 0 spiro atoms. The molecule has 0 atom stereocenters. The SMILES string of the molecule is COC(=O)C(c1ccc(OCCN2CCC(=O)CC2)cc1)c1ccc(OCCN2CCC(=O)CC2)cc1. The molecule has 198 valence electrons. The second-order valence-electron chi connectivity index (χ2n) is 9.55. The van der Waals surface area contributed by atoms with Crippen LogP contribution in [0, 0.1) is 0 Å². The van der Waals surface area contributed by atoms with Crippen molar-refractivity contribution < 1.29 is 28.6 Å². The molecule has 2 aliphatic rings. The fraction of sp³-hybridized carbons (Fsp3) is 0.483. The molecule has 2 aliphatic heterocycles. The number of ether oxygens (including phenoxy) is 3. The minimum Gasteiger partial charge on any atom is -0.492 e. The number of piperidine rings is 2. The molecule has 8 heteroatoms. The molecule has 8 nitrogen and oxygen atoms in total. The van der Waals surface area contributed by atoms with E-state index in [0.717, 1.165) is 61.9 Å². The first-order chi connectivity index (χ1) is 18.0. The zero-order valence-corrected chi connectivity index (χ0v) is 21.5. The van der Waals surface area contributed by atoms with Gasteiger partial charge in [0.1, 0.15) is 42.2 Å². The van der Waals surface area contributed by atoms with Gasteiger partial charge < -0.3 is 14.2 Å². The van der Waals surface area contributed by atoms with Crippen LogP contribution in [0.1, 0.15) is 42.7 Å². The van der Waals surface area contributed by atoms with Crippen molar-refractivity contribution >= 4 is 17.5 Å². The van der Waals surface area contributed by atoms with E-state index in [1.54, 1.807) is 0 Å². The van der Waals surface area contributed by atoms with Crippen LogP contribution in [0.5, 0.6) is 11.5 Å². The highest BCUT2D eigenvalue weighted by Gasteiger charge is 2.24. The Bertz CT molecular complexity index is 956. The monoisotopic (exact) mass is 508 g/mol. The second kappa shape index (κ2) is 13.4. The van der Waals surface area contributed by atoms with Crippen molar-refractivity contribution in [2.75, 3.05) is 59.6 Å². The fourth-order valence-electron chi connectivity index (χ4n) is 4.73. The topological polar surface area (TPSA) is 85.4 Å². The molecule has 2 fully saturated rings. The van der Waals surface area contributed by atoms with Crippen molar-refractivity contribution in [3.05, 3.63) is 59.7 Å². The number of esters is 1. The molecule has 2 heterocycles. The normalized spacial score (nSPS) is 17.1. The highest BCUT2D eigenvalue weighted by molar-refractivity contribution is 5.82. The molecule has 0 amide bonds. The maximum absolute atomic E-state index is 12.7. The van der Waals surface area contributed by atoms with E-state index in [0.29, 0.717) is 50.5 Å². The summed E-state index contributed by atoms with van der Waals surface area (Å²) in [5, 5.41) is 0. The number of hydrogen-bond donors (Lipinski definition) is 0.